The van der Waals surface area contributed by atoms with E-state index in [-0.39, 0.29) is 0 Å². The molecule has 11 heteroatoms. The number of hydrogen-bond donors (Lipinski definition) is 8. The molecule has 0 spiro atoms. The van der Waals surface area contributed by atoms with Crippen LogP contribution in [-0.2, 0) is 14.2 Å². The van der Waals surface area contributed by atoms with Crippen LogP contribution >= 0.6 is 0 Å². The lowest BCUT2D eigenvalue weighted by Gasteiger charge is -2.45. The second kappa shape index (κ2) is 7.63. The van der Waals surface area contributed by atoms with Gasteiger partial charge in [0, 0.05) is 0 Å². The summed E-state index contributed by atoms with van der Waals surface area (Å²) in [5.41, 5.74) is 0. The molecule has 0 unspecified atom stereocenters. The topological polar surface area (TPSA) is 190 Å². The number of aliphatic hydroxyl groups is 8. The first kappa shape index (κ1) is 18.9. The van der Waals surface area contributed by atoms with E-state index in [1.54, 1.807) is 0 Å². The van der Waals surface area contributed by atoms with Crippen molar-refractivity contribution >= 4 is 0 Å². The molecule has 0 aliphatic carbocycles. The minimum Gasteiger partial charge on any atom is -0.394 e. The fourth-order valence-corrected chi connectivity index (χ4v) is 2.56. The molecule has 10 atom stereocenters. The Morgan fingerprint density at radius 1 is 0.652 bits per heavy atom. The van der Waals surface area contributed by atoms with E-state index in [1.807, 2.05) is 0 Å². The van der Waals surface area contributed by atoms with Crippen LogP contribution in [0.3, 0.4) is 0 Å². The molecule has 2 aliphatic heterocycles. The minimum atomic E-state index is -1.76. The maximum absolute atomic E-state index is 10.00. The Labute approximate surface area is 130 Å². The highest BCUT2D eigenvalue weighted by Gasteiger charge is 2.50. The van der Waals surface area contributed by atoms with Crippen molar-refractivity contribution in [3.8, 4) is 0 Å². The molecule has 23 heavy (non-hydrogen) atoms. The third-order valence-corrected chi connectivity index (χ3v) is 3.98. The number of hydrogen-bond acceptors (Lipinski definition) is 11. The quantitative estimate of drug-likeness (QED) is 0.243. The van der Waals surface area contributed by atoms with Crippen molar-refractivity contribution in [3.05, 3.63) is 0 Å². The van der Waals surface area contributed by atoms with Gasteiger partial charge in [-0.2, -0.15) is 0 Å². The van der Waals surface area contributed by atoms with E-state index >= 15 is 0 Å². The van der Waals surface area contributed by atoms with Gasteiger partial charge in [0.1, 0.15) is 48.8 Å². The van der Waals surface area contributed by atoms with Gasteiger partial charge in [-0.3, -0.25) is 0 Å². The average molecular weight is 342 g/mol. The molecule has 0 bridgehead atoms. The summed E-state index contributed by atoms with van der Waals surface area (Å²) in [7, 11) is 0. The maximum Gasteiger partial charge on any atom is 0.187 e. The van der Waals surface area contributed by atoms with Gasteiger partial charge in [-0.25, -0.2) is 0 Å². The van der Waals surface area contributed by atoms with E-state index in [1.165, 1.54) is 0 Å². The van der Waals surface area contributed by atoms with Crippen LogP contribution in [0.4, 0.5) is 0 Å². The summed E-state index contributed by atoms with van der Waals surface area (Å²) in [6.45, 7) is -1.34. The van der Waals surface area contributed by atoms with Gasteiger partial charge in [-0.1, -0.05) is 0 Å². The molecule has 0 aromatic carbocycles. The summed E-state index contributed by atoms with van der Waals surface area (Å²) in [6, 6.07) is 0. The van der Waals surface area contributed by atoms with Crippen LogP contribution in [0.2, 0.25) is 0 Å². The Bertz CT molecular complexity index is 380. The van der Waals surface area contributed by atoms with Gasteiger partial charge in [0.05, 0.1) is 13.2 Å². The highest BCUT2D eigenvalue weighted by atomic mass is 16.7. The normalized spacial score (nSPS) is 51.7. The van der Waals surface area contributed by atoms with E-state index < -0.39 is 74.6 Å². The predicted molar refractivity (Wildman–Crippen MR) is 68.6 cm³/mol. The van der Waals surface area contributed by atoms with Gasteiger partial charge in [-0.15, -0.1) is 0 Å². The zero-order valence-corrected chi connectivity index (χ0v) is 12.0. The van der Waals surface area contributed by atoms with Crippen LogP contribution in [0.5, 0.6) is 0 Å². The SMILES string of the molecule is OC[C@H]1O[C@@H](O[C@@H]2[C@@H](O)[C@H](O)O[C@H](CO)[C@H]2O)[C@H](O)[C@@H](O)[C@H]1O. The van der Waals surface area contributed by atoms with E-state index in [0.717, 1.165) is 0 Å². The van der Waals surface area contributed by atoms with Gasteiger partial charge in [-0.05, 0) is 0 Å². The molecular formula is C12H22O11. The first-order valence-electron chi connectivity index (χ1n) is 7.08. The van der Waals surface area contributed by atoms with Gasteiger partial charge in [0.25, 0.3) is 0 Å². The third-order valence-electron chi connectivity index (χ3n) is 3.98. The molecule has 11 nitrogen and oxygen atoms in total. The van der Waals surface area contributed by atoms with Gasteiger partial charge < -0.3 is 55.1 Å². The summed E-state index contributed by atoms with van der Waals surface area (Å²) in [4.78, 5) is 0. The highest BCUT2D eigenvalue weighted by molar-refractivity contribution is 4.93. The summed E-state index contributed by atoms with van der Waals surface area (Å²) in [5.74, 6) is 0. The second-order valence-corrected chi connectivity index (χ2v) is 5.53. The average Bonchev–Trinajstić information content (AvgIpc) is 2.54. The summed E-state index contributed by atoms with van der Waals surface area (Å²) >= 11 is 0. The molecule has 8 N–H and O–H groups in total. The van der Waals surface area contributed by atoms with E-state index in [0.29, 0.717) is 0 Å². The summed E-state index contributed by atoms with van der Waals surface area (Å²) in [5, 5.41) is 76.8. The Morgan fingerprint density at radius 2 is 1.22 bits per heavy atom. The summed E-state index contributed by atoms with van der Waals surface area (Å²) < 4.78 is 15.1. The van der Waals surface area contributed by atoms with Crippen molar-refractivity contribution in [2.24, 2.45) is 0 Å². The van der Waals surface area contributed by atoms with Crippen LogP contribution < -0.4 is 0 Å². The zero-order chi connectivity index (χ0) is 17.3. The van der Waals surface area contributed by atoms with E-state index in [2.05, 4.69) is 0 Å². The molecular weight excluding hydrogens is 320 g/mol. The first-order valence-corrected chi connectivity index (χ1v) is 7.08. The van der Waals surface area contributed by atoms with Crippen molar-refractivity contribution < 1.29 is 55.1 Å². The molecule has 0 saturated carbocycles. The van der Waals surface area contributed by atoms with Crippen molar-refractivity contribution in [2.75, 3.05) is 13.2 Å². The lowest BCUT2D eigenvalue weighted by Crippen LogP contribution is -2.64. The minimum absolute atomic E-state index is 0.667. The fourth-order valence-electron chi connectivity index (χ4n) is 2.56. The van der Waals surface area contributed by atoms with Crippen molar-refractivity contribution in [3.63, 3.8) is 0 Å². The molecule has 0 aromatic rings. The fraction of sp³-hybridized carbons (Fsp3) is 1.00. The molecule has 136 valence electrons. The van der Waals surface area contributed by atoms with E-state index in [9.17, 15) is 30.6 Å². The monoisotopic (exact) mass is 342 g/mol. The Balaban J connectivity index is 2.11. The van der Waals surface area contributed by atoms with Crippen LogP contribution in [0, 0.1) is 0 Å². The Kier molecular flexibility index (Phi) is 6.27. The molecule has 2 saturated heterocycles. The second-order valence-electron chi connectivity index (χ2n) is 5.53. The number of rotatable bonds is 4. The Hall–Kier alpha value is -0.440. The van der Waals surface area contributed by atoms with Gasteiger partial charge in [0.15, 0.2) is 12.6 Å². The molecule has 0 radical (unpaired) electrons. The molecule has 2 fully saturated rings. The number of aliphatic hydroxyl groups excluding tert-OH is 8. The molecule has 0 amide bonds. The maximum atomic E-state index is 10.00. The van der Waals surface area contributed by atoms with Crippen molar-refractivity contribution in [2.45, 2.75) is 61.4 Å². The smallest absolute Gasteiger partial charge is 0.187 e. The first-order chi connectivity index (χ1) is 10.8. The predicted octanol–water partition coefficient (Wildman–Crippen LogP) is -5.40. The zero-order valence-electron chi connectivity index (χ0n) is 12.0. The summed E-state index contributed by atoms with van der Waals surface area (Å²) in [6.07, 6.45) is -15.7. The largest absolute Gasteiger partial charge is 0.394 e. The third kappa shape index (κ3) is 3.65. The van der Waals surface area contributed by atoms with Crippen molar-refractivity contribution in [1.29, 1.82) is 0 Å². The molecule has 2 heterocycles. The number of ether oxygens (including phenoxy) is 3. The van der Waals surface area contributed by atoms with E-state index in [4.69, 9.17) is 24.4 Å². The van der Waals surface area contributed by atoms with Gasteiger partial charge >= 0.3 is 0 Å². The van der Waals surface area contributed by atoms with Crippen LogP contribution in [0.15, 0.2) is 0 Å². The molecule has 2 rings (SSSR count). The molecule has 2 aliphatic rings. The lowest BCUT2D eigenvalue weighted by atomic mass is 9.97. The van der Waals surface area contributed by atoms with Gasteiger partial charge in [0.2, 0.25) is 0 Å². The lowest BCUT2D eigenvalue weighted by molar-refractivity contribution is -0.355. The standard InChI is InChI=1S/C12H22O11/c13-1-3-5(15)7(17)8(18)12(22-3)23-10-6(16)4(2-14)21-11(20)9(10)19/h3-20H,1-2H2/t3-,4-,5+,6-,7+,8-,9-,10+,11-,12+/m1/s1. The van der Waals surface area contributed by atoms with Crippen molar-refractivity contribution in [1.82, 2.24) is 0 Å². The van der Waals surface area contributed by atoms with Crippen LogP contribution in [-0.4, -0.2) is 115 Å². The highest BCUT2D eigenvalue weighted by Crippen LogP contribution is 2.28. The van der Waals surface area contributed by atoms with Crippen LogP contribution in [0.25, 0.3) is 0 Å². The molecule has 0 aromatic heterocycles. The van der Waals surface area contributed by atoms with Crippen LogP contribution in [0.1, 0.15) is 0 Å². The Morgan fingerprint density at radius 3 is 1.78 bits per heavy atom.